The molecule has 6 heteroatoms. The normalized spacial score (nSPS) is 16.1. The van der Waals surface area contributed by atoms with Crippen molar-refractivity contribution in [1.82, 2.24) is 14.9 Å². The molecule has 1 saturated heterocycles. The predicted molar refractivity (Wildman–Crippen MR) is 116 cm³/mol. The van der Waals surface area contributed by atoms with E-state index in [1.165, 1.54) is 11.8 Å². The molecule has 0 radical (unpaired) electrons. The van der Waals surface area contributed by atoms with Crippen LogP contribution in [0, 0.1) is 6.92 Å². The van der Waals surface area contributed by atoms with Crippen LogP contribution < -0.4 is 0 Å². The van der Waals surface area contributed by atoms with Crippen molar-refractivity contribution in [2.24, 2.45) is 0 Å². The Labute approximate surface area is 175 Å². The molecule has 2 heterocycles. The lowest BCUT2D eigenvalue weighted by atomic mass is 10.1. The fourth-order valence-electron chi connectivity index (χ4n) is 3.39. The molecule has 0 bridgehead atoms. The van der Waals surface area contributed by atoms with Crippen LogP contribution in [0.5, 0.6) is 0 Å². The van der Waals surface area contributed by atoms with Crippen molar-refractivity contribution in [2.45, 2.75) is 30.7 Å². The predicted octanol–water partition coefficient (Wildman–Crippen LogP) is 4.13. The number of thioether (sulfide) groups is 1. The highest BCUT2D eigenvalue weighted by atomic mass is 32.2. The van der Waals surface area contributed by atoms with Gasteiger partial charge in [-0.15, -0.1) is 0 Å². The van der Waals surface area contributed by atoms with Gasteiger partial charge in [-0.3, -0.25) is 9.69 Å². The van der Waals surface area contributed by atoms with E-state index in [4.69, 9.17) is 14.7 Å². The zero-order valence-corrected chi connectivity index (χ0v) is 17.6. The first-order chi connectivity index (χ1) is 14.1. The number of aromatic nitrogens is 2. The molecule has 0 saturated carbocycles. The van der Waals surface area contributed by atoms with E-state index in [-0.39, 0.29) is 11.0 Å². The average molecular weight is 408 g/mol. The quantitative estimate of drug-likeness (QED) is 0.348. The van der Waals surface area contributed by atoms with E-state index in [1.54, 1.807) is 0 Å². The van der Waals surface area contributed by atoms with Crippen molar-refractivity contribution in [3.63, 3.8) is 0 Å². The molecular formula is C23H25N3O2S. The molecule has 0 aliphatic carbocycles. The van der Waals surface area contributed by atoms with Gasteiger partial charge < -0.3 is 4.74 Å². The Morgan fingerprint density at radius 2 is 1.83 bits per heavy atom. The summed E-state index contributed by atoms with van der Waals surface area (Å²) in [5, 5.41) is 1.63. The van der Waals surface area contributed by atoms with Crippen LogP contribution in [0.3, 0.4) is 0 Å². The molecule has 2 aromatic carbocycles. The lowest BCUT2D eigenvalue weighted by molar-refractivity contribution is 0.0330. The third-order valence-corrected chi connectivity index (χ3v) is 6.18. The summed E-state index contributed by atoms with van der Waals surface area (Å²) in [4.78, 5) is 24.8. The topological polar surface area (TPSA) is 55.3 Å². The van der Waals surface area contributed by atoms with Crippen molar-refractivity contribution in [3.05, 3.63) is 65.5 Å². The summed E-state index contributed by atoms with van der Waals surface area (Å²) in [6.07, 6.45) is 0. The van der Waals surface area contributed by atoms with E-state index < -0.39 is 0 Å². The number of aryl methyl sites for hydroxylation is 1. The van der Waals surface area contributed by atoms with Gasteiger partial charge in [0.2, 0.25) is 0 Å². The van der Waals surface area contributed by atoms with Crippen LogP contribution in [0.1, 0.15) is 28.7 Å². The summed E-state index contributed by atoms with van der Waals surface area (Å²) < 4.78 is 5.44. The minimum absolute atomic E-state index is 0.118. The summed E-state index contributed by atoms with van der Waals surface area (Å²) in [7, 11) is 0. The summed E-state index contributed by atoms with van der Waals surface area (Å²) >= 11 is 1.51. The third-order valence-electron chi connectivity index (χ3n) is 5.08. The van der Waals surface area contributed by atoms with E-state index in [0.717, 1.165) is 59.2 Å². The Balaban J connectivity index is 1.59. The van der Waals surface area contributed by atoms with Gasteiger partial charge in [0.1, 0.15) is 10.9 Å². The number of morpholine rings is 1. The van der Waals surface area contributed by atoms with Gasteiger partial charge in [-0.1, -0.05) is 59.8 Å². The van der Waals surface area contributed by atoms with E-state index in [2.05, 4.69) is 4.90 Å². The fourth-order valence-corrected chi connectivity index (χ4v) is 4.42. The first-order valence-electron chi connectivity index (χ1n) is 9.93. The van der Waals surface area contributed by atoms with Gasteiger partial charge >= 0.3 is 0 Å². The summed E-state index contributed by atoms with van der Waals surface area (Å²) in [6, 6.07) is 15.8. The monoisotopic (exact) mass is 407 g/mol. The second-order valence-corrected chi connectivity index (χ2v) is 8.67. The Kier molecular flexibility index (Phi) is 6.23. The van der Waals surface area contributed by atoms with Gasteiger partial charge in [0.15, 0.2) is 5.78 Å². The Morgan fingerprint density at radius 3 is 2.59 bits per heavy atom. The molecule has 1 aromatic heterocycles. The maximum Gasteiger partial charge on any atom is 0.175 e. The van der Waals surface area contributed by atoms with Crippen molar-refractivity contribution in [2.75, 3.05) is 26.3 Å². The molecule has 4 rings (SSSR count). The number of rotatable bonds is 6. The van der Waals surface area contributed by atoms with Gasteiger partial charge in [-0.05, 0) is 19.9 Å². The lowest BCUT2D eigenvalue weighted by Crippen LogP contribution is -2.36. The molecule has 1 fully saturated rings. The zero-order valence-electron chi connectivity index (χ0n) is 16.8. The first kappa shape index (κ1) is 20.0. The first-order valence-corrected chi connectivity index (χ1v) is 10.8. The molecule has 0 N–H and O–H groups in total. The average Bonchev–Trinajstić information content (AvgIpc) is 2.74. The number of carbonyl (C=O) groups excluding carboxylic acids is 1. The molecule has 150 valence electrons. The van der Waals surface area contributed by atoms with Gasteiger partial charge in [-0.2, -0.15) is 0 Å². The van der Waals surface area contributed by atoms with Crippen molar-refractivity contribution >= 4 is 28.4 Å². The Morgan fingerprint density at radius 1 is 1.10 bits per heavy atom. The molecule has 5 nitrogen and oxygen atoms in total. The molecule has 1 atom stereocenters. The standard InChI is InChI=1S/C23H25N3O2S/c1-16-7-9-18(10-8-16)22(27)17(2)29-23-19-5-3-4-6-20(19)24-21(25-23)15-26-11-13-28-14-12-26/h3-10,17H,11-15H2,1-2H3/t17-/m0/s1. The lowest BCUT2D eigenvalue weighted by Gasteiger charge is -2.26. The number of benzene rings is 2. The van der Waals surface area contributed by atoms with E-state index in [0.29, 0.717) is 6.54 Å². The molecule has 0 spiro atoms. The number of para-hydroxylation sites is 1. The largest absolute Gasteiger partial charge is 0.379 e. The fraction of sp³-hybridized carbons (Fsp3) is 0.348. The van der Waals surface area contributed by atoms with Crippen LogP contribution in [0.15, 0.2) is 53.6 Å². The maximum absolute atomic E-state index is 12.9. The van der Waals surface area contributed by atoms with E-state index in [1.807, 2.05) is 62.4 Å². The van der Waals surface area contributed by atoms with Crippen LogP contribution >= 0.6 is 11.8 Å². The summed E-state index contributed by atoms with van der Waals surface area (Å²) in [5.74, 6) is 0.913. The molecule has 3 aromatic rings. The highest BCUT2D eigenvalue weighted by molar-refractivity contribution is 8.00. The number of nitrogens with zero attached hydrogens (tertiary/aromatic N) is 3. The molecule has 1 aliphatic heterocycles. The number of carbonyl (C=O) groups is 1. The van der Waals surface area contributed by atoms with Crippen molar-refractivity contribution in [1.29, 1.82) is 0 Å². The minimum Gasteiger partial charge on any atom is -0.379 e. The molecule has 0 unspecified atom stereocenters. The zero-order chi connectivity index (χ0) is 20.2. The highest BCUT2D eigenvalue weighted by Crippen LogP contribution is 2.30. The number of ketones is 1. The second-order valence-electron chi connectivity index (χ2n) is 7.34. The van der Waals surface area contributed by atoms with Gasteiger partial charge in [0.05, 0.1) is 30.5 Å². The summed E-state index contributed by atoms with van der Waals surface area (Å²) in [6.45, 7) is 7.94. The molecule has 29 heavy (non-hydrogen) atoms. The highest BCUT2D eigenvalue weighted by Gasteiger charge is 2.20. The number of hydrogen-bond donors (Lipinski definition) is 0. The van der Waals surface area contributed by atoms with E-state index in [9.17, 15) is 4.79 Å². The summed E-state index contributed by atoms with van der Waals surface area (Å²) in [5.41, 5.74) is 2.81. The van der Waals surface area contributed by atoms with Crippen LogP contribution in [0.25, 0.3) is 10.9 Å². The number of hydrogen-bond acceptors (Lipinski definition) is 6. The van der Waals surface area contributed by atoms with Crippen LogP contribution in [0.4, 0.5) is 0 Å². The van der Waals surface area contributed by atoms with E-state index >= 15 is 0 Å². The number of fused-ring (bicyclic) bond motifs is 1. The molecular weight excluding hydrogens is 382 g/mol. The van der Waals surface area contributed by atoms with Gasteiger partial charge in [0.25, 0.3) is 0 Å². The van der Waals surface area contributed by atoms with Crippen LogP contribution in [-0.2, 0) is 11.3 Å². The van der Waals surface area contributed by atoms with Crippen molar-refractivity contribution in [3.8, 4) is 0 Å². The Bertz CT molecular complexity index is 1000. The third kappa shape index (κ3) is 4.83. The molecule has 0 amide bonds. The van der Waals surface area contributed by atoms with Gasteiger partial charge in [0, 0.05) is 24.0 Å². The minimum atomic E-state index is -0.229. The van der Waals surface area contributed by atoms with Crippen molar-refractivity contribution < 1.29 is 9.53 Å². The van der Waals surface area contributed by atoms with Gasteiger partial charge in [-0.25, -0.2) is 9.97 Å². The smallest absolute Gasteiger partial charge is 0.175 e. The SMILES string of the molecule is Cc1ccc(C(=O)[C@H](C)Sc2nc(CN3CCOCC3)nc3ccccc23)cc1. The Hall–Kier alpha value is -2.28. The second kappa shape index (κ2) is 9.03. The maximum atomic E-state index is 12.9. The van der Waals surface area contributed by atoms with Crippen LogP contribution in [0.2, 0.25) is 0 Å². The van der Waals surface area contributed by atoms with Crippen LogP contribution in [-0.4, -0.2) is 52.2 Å². The number of ether oxygens (including phenoxy) is 1. The number of Topliss-reactive ketones (excluding diaryl/α,β-unsaturated/α-hetero) is 1. The molecule has 1 aliphatic rings.